The first kappa shape index (κ1) is 12.6. The summed E-state index contributed by atoms with van der Waals surface area (Å²) in [5.74, 6) is 1.14. The molecule has 0 aliphatic carbocycles. The van der Waals surface area contributed by atoms with Gasteiger partial charge in [-0.2, -0.15) is 0 Å². The Hall–Kier alpha value is -0.870. The van der Waals surface area contributed by atoms with Crippen molar-refractivity contribution in [1.82, 2.24) is 14.5 Å². The predicted molar refractivity (Wildman–Crippen MR) is 67.8 cm³/mol. The van der Waals surface area contributed by atoms with Crippen LogP contribution in [0.3, 0.4) is 0 Å². The minimum absolute atomic E-state index is 0.107. The molecule has 1 aliphatic rings. The van der Waals surface area contributed by atoms with Gasteiger partial charge in [-0.1, -0.05) is 0 Å². The first-order valence-electron chi connectivity index (χ1n) is 6.47. The van der Waals surface area contributed by atoms with E-state index < -0.39 is 0 Å². The van der Waals surface area contributed by atoms with Crippen LogP contribution in [-0.4, -0.2) is 38.8 Å². The van der Waals surface area contributed by atoms with E-state index in [1.165, 1.54) is 5.69 Å². The van der Waals surface area contributed by atoms with E-state index in [9.17, 15) is 5.11 Å². The summed E-state index contributed by atoms with van der Waals surface area (Å²) in [7, 11) is 2.08. The van der Waals surface area contributed by atoms with Gasteiger partial charge in [0, 0.05) is 19.3 Å². The van der Waals surface area contributed by atoms with Gasteiger partial charge in [0.15, 0.2) is 0 Å². The zero-order valence-corrected chi connectivity index (χ0v) is 11.1. The molecular weight excluding hydrogens is 214 g/mol. The van der Waals surface area contributed by atoms with E-state index in [1.54, 1.807) is 0 Å². The molecule has 0 aromatic carbocycles. The number of hydrogen-bond donors (Lipinski definition) is 1. The molecule has 1 saturated heterocycles. The average Bonchev–Trinajstić information content (AvgIpc) is 2.48. The monoisotopic (exact) mass is 237 g/mol. The molecule has 1 N–H and O–H groups in total. The summed E-state index contributed by atoms with van der Waals surface area (Å²) in [5, 5.41) is 9.63. The van der Waals surface area contributed by atoms with Crippen LogP contribution in [0, 0.1) is 13.8 Å². The molecule has 1 aromatic heterocycles. The molecule has 17 heavy (non-hydrogen) atoms. The van der Waals surface area contributed by atoms with Crippen LogP contribution < -0.4 is 0 Å². The number of aliphatic hydroxyl groups is 1. The Morgan fingerprint density at radius 2 is 2.06 bits per heavy atom. The Balaban J connectivity index is 2.02. The number of aliphatic hydroxyl groups excluding tert-OH is 1. The number of hydrogen-bond acceptors (Lipinski definition) is 3. The zero-order chi connectivity index (χ0) is 12.4. The molecule has 1 atom stereocenters. The second kappa shape index (κ2) is 5.19. The summed E-state index contributed by atoms with van der Waals surface area (Å²) in [6.07, 6.45) is 2.81. The summed E-state index contributed by atoms with van der Waals surface area (Å²) in [6, 6.07) is 0. The van der Waals surface area contributed by atoms with Gasteiger partial charge >= 0.3 is 0 Å². The quantitative estimate of drug-likeness (QED) is 0.845. The number of aromatic nitrogens is 2. The van der Waals surface area contributed by atoms with Crippen LogP contribution in [0.2, 0.25) is 0 Å². The molecule has 0 amide bonds. The highest BCUT2D eigenvalue weighted by Crippen LogP contribution is 2.15. The summed E-state index contributed by atoms with van der Waals surface area (Å²) in [5.41, 5.74) is 2.37. The SMILES string of the molecule is Cc1nc(CN2CCC[C@H](O)CC2)n(C)c1C. The van der Waals surface area contributed by atoms with Crippen LogP contribution in [0.4, 0.5) is 0 Å². The van der Waals surface area contributed by atoms with Crippen LogP contribution in [0.1, 0.15) is 36.5 Å². The molecule has 0 spiro atoms. The molecule has 2 heterocycles. The molecule has 2 rings (SSSR count). The second-order valence-corrected chi connectivity index (χ2v) is 5.12. The van der Waals surface area contributed by atoms with E-state index in [4.69, 9.17) is 0 Å². The molecule has 4 nitrogen and oxygen atoms in total. The van der Waals surface area contributed by atoms with Crippen LogP contribution >= 0.6 is 0 Å². The van der Waals surface area contributed by atoms with Crippen molar-refractivity contribution in [2.45, 2.75) is 45.8 Å². The van der Waals surface area contributed by atoms with E-state index in [2.05, 4.69) is 35.3 Å². The largest absolute Gasteiger partial charge is 0.393 e. The molecule has 1 aromatic rings. The van der Waals surface area contributed by atoms with Crippen molar-refractivity contribution in [1.29, 1.82) is 0 Å². The Morgan fingerprint density at radius 3 is 2.71 bits per heavy atom. The van der Waals surface area contributed by atoms with E-state index in [-0.39, 0.29) is 6.10 Å². The fraction of sp³-hybridized carbons (Fsp3) is 0.769. The number of rotatable bonds is 2. The number of aryl methyl sites for hydroxylation is 1. The van der Waals surface area contributed by atoms with E-state index >= 15 is 0 Å². The van der Waals surface area contributed by atoms with Crippen molar-refractivity contribution < 1.29 is 5.11 Å². The smallest absolute Gasteiger partial charge is 0.123 e. The lowest BCUT2D eigenvalue weighted by Crippen LogP contribution is -2.26. The first-order chi connectivity index (χ1) is 8.08. The molecule has 1 fully saturated rings. The van der Waals surface area contributed by atoms with Crippen molar-refractivity contribution in [3.05, 3.63) is 17.2 Å². The fourth-order valence-corrected chi connectivity index (χ4v) is 2.42. The van der Waals surface area contributed by atoms with Crippen LogP contribution in [0.25, 0.3) is 0 Å². The maximum absolute atomic E-state index is 9.63. The molecule has 0 saturated carbocycles. The van der Waals surface area contributed by atoms with Gasteiger partial charge in [0.05, 0.1) is 18.3 Å². The van der Waals surface area contributed by atoms with Crippen molar-refractivity contribution in [3.8, 4) is 0 Å². The van der Waals surface area contributed by atoms with E-state index in [0.29, 0.717) is 0 Å². The number of imidazole rings is 1. The lowest BCUT2D eigenvalue weighted by Gasteiger charge is -2.19. The Morgan fingerprint density at radius 1 is 1.29 bits per heavy atom. The third kappa shape index (κ3) is 2.87. The maximum Gasteiger partial charge on any atom is 0.123 e. The third-order valence-electron chi connectivity index (χ3n) is 3.87. The van der Waals surface area contributed by atoms with Crippen LogP contribution in [0.5, 0.6) is 0 Å². The minimum atomic E-state index is -0.107. The number of nitrogens with zero attached hydrogens (tertiary/aromatic N) is 3. The Bertz CT molecular complexity index is 386. The Labute approximate surface area is 103 Å². The fourth-order valence-electron chi connectivity index (χ4n) is 2.42. The summed E-state index contributed by atoms with van der Waals surface area (Å²) in [4.78, 5) is 7.01. The molecule has 0 unspecified atom stereocenters. The predicted octanol–water partition coefficient (Wildman–Crippen LogP) is 1.38. The number of likely N-dealkylation sites (tertiary alicyclic amines) is 1. The summed E-state index contributed by atoms with van der Waals surface area (Å²) in [6.45, 7) is 7.12. The highest BCUT2D eigenvalue weighted by atomic mass is 16.3. The summed E-state index contributed by atoms with van der Waals surface area (Å²) < 4.78 is 2.18. The van der Waals surface area contributed by atoms with Gasteiger partial charge in [0.25, 0.3) is 0 Å². The lowest BCUT2D eigenvalue weighted by molar-refractivity contribution is 0.154. The Kier molecular flexibility index (Phi) is 3.84. The van der Waals surface area contributed by atoms with Crippen LogP contribution in [0.15, 0.2) is 0 Å². The van der Waals surface area contributed by atoms with E-state index in [1.807, 2.05) is 0 Å². The van der Waals surface area contributed by atoms with E-state index in [0.717, 1.165) is 50.4 Å². The second-order valence-electron chi connectivity index (χ2n) is 5.12. The zero-order valence-electron chi connectivity index (χ0n) is 11.1. The van der Waals surface area contributed by atoms with Crippen molar-refractivity contribution in [2.75, 3.05) is 13.1 Å². The van der Waals surface area contributed by atoms with Crippen LogP contribution in [-0.2, 0) is 13.6 Å². The lowest BCUT2D eigenvalue weighted by atomic mass is 10.2. The first-order valence-corrected chi connectivity index (χ1v) is 6.47. The third-order valence-corrected chi connectivity index (χ3v) is 3.87. The van der Waals surface area contributed by atoms with Gasteiger partial charge in [0.1, 0.15) is 5.82 Å². The summed E-state index contributed by atoms with van der Waals surface area (Å²) >= 11 is 0. The molecule has 0 bridgehead atoms. The molecular formula is C13H23N3O. The molecule has 0 radical (unpaired) electrons. The topological polar surface area (TPSA) is 41.3 Å². The van der Waals surface area contributed by atoms with Crippen molar-refractivity contribution >= 4 is 0 Å². The molecule has 1 aliphatic heterocycles. The van der Waals surface area contributed by atoms with Gasteiger partial charge in [-0.3, -0.25) is 4.90 Å². The maximum atomic E-state index is 9.63. The van der Waals surface area contributed by atoms with Crippen molar-refractivity contribution in [2.24, 2.45) is 7.05 Å². The average molecular weight is 237 g/mol. The van der Waals surface area contributed by atoms with Gasteiger partial charge in [-0.05, 0) is 39.7 Å². The highest BCUT2D eigenvalue weighted by Gasteiger charge is 2.17. The van der Waals surface area contributed by atoms with Gasteiger partial charge < -0.3 is 9.67 Å². The highest BCUT2D eigenvalue weighted by molar-refractivity contribution is 5.13. The molecule has 96 valence electrons. The molecule has 4 heteroatoms. The standard InChI is InChI=1S/C13H23N3O/c1-10-11(2)15(3)13(14-10)9-16-7-4-5-12(17)6-8-16/h12,17H,4-9H2,1-3H3/t12-/m0/s1. The minimum Gasteiger partial charge on any atom is -0.393 e. The van der Waals surface area contributed by atoms with Crippen molar-refractivity contribution in [3.63, 3.8) is 0 Å². The van der Waals surface area contributed by atoms with Gasteiger partial charge in [-0.25, -0.2) is 4.98 Å². The van der Waals surface area contributed by atoms with Gasteiger partial charge in [-0.15, -0.1) is 0 Å². The normalized spacial score (nSPS) is 22.7. The van der Waals surface area contributed by atoms with Gasteiger partial charge in [0.2, 0.25) is 0 Å².